The molecule has 2 heterocycles. The molecular formula is C74H46N2S. The average molecular weight is 995 g/mol. The second kappa shape index (κ2) is 17.5. The van der Waals surface area contributed by atoms with Crippen molar-refractivity contribution in [1.29, 1.82) is 0 Å². The summed E-state index contributed by atoms with van der Waals surface area (Å²) < 4.78 is 2.46. The van der Waals surface area contributed by atoms with Crippen molar-refractivity contribution in [3.05, 3.63) is 279 Å². The van der Waals surface area contributed by atoms with Gasteiger partial charge in [0, 0.05) is 31.9 Å². The molecule has 16 rings (SSSR count). The number of hydrogen-bond acceptors (Lipinski definition) is 2. The van der Waals surface area contributed by atoms with E-state index in [9.17, 15) is 0 Å². The summed E-state index contributed by atoms with van der Waals surface area (Å²) in [6, 6.07) is 104. The fourth-order valence-electron chi connectivity index (χ4n) is 12.4. The Kier molecular flexibility index (Phi) is 9.91. The van der Waals surface area contributed by atoms with Gasteiger partial charge in [0.1, 0.15) is 0 Å². The third kappa shape index (κ3) is 7.12. The molecule has 0 amide bonds. The summed E-state index contributed by atoms with van der Waals surface area (Å²) in [4.78, 5) is 4.97. The molecule has 1 aliphatic heterocycles. The fourth-order valence-corrected chi connectivity index (χ4v) is 13.5. The Morgan fingerprint density at radius 3 is 1.51 bits per heavy atom. The van der Waals surface area contributed by atoms with Gasteiger partial charge < -0.3 is 9.47 Å². The Hall–Kier alpha value is -9.67. The van der Waals surface area contributed by atoms with E-state index in [4.69, 9.17) is 0 Å². The predicted molar refractivity (Wildman–Crippen MR) is 329 cm³/mol. The van der Waals surface area contributed by atoms with Crippen LogP contribution in [0.4, 0.5) is 17.1 Å². The van der Waals surface area contributed by atoms with E-state index < -0.39 is 0 Å². The van der Waals surface area contributed by atoms with Crippen molar-refractivity contribution in [1.82, 2.24) is 4.57 Å². The van der Waals surface area contributed by atoms with Gasteiger partial charge in [0.15, 0.2) is 0 Å². The topological polar surface area (TPSA) is 8.17 Å². The lowest BCUT2D eigenvalue weighted by atomic mass is 9.88. The minimum absolute atomic E-state index is 1.13. The first-order valence-corrected chi connectivity index (χ1v) is 27.3. The zero-order chi connectivity index (χ0) is 50.6. The van der Waals surface area contributed by atoms with Crippen molar-refractivity contribution in [2.24, 2.45) is 0 Å². The predicted octanol–water partition coefficient (Wildman–Crippen LogP) is 21.2. The van der Waals surface area contributed by atoms with Crippen molar-refractivity contribution in [3.8, 4) is 50.2 Å². The van der Waals surface area contributed by atoms with Crippen LogP contribution in [0, 0.1) is 0 Å². The smallest absolute Gasteiger partial charge is 0.0608 e. The van der Waals surface area contributed by atoms with Crippen LogP contribution in [-0.2, 0) is 0 Å². The molecule has 14 aromatic carbocycles. The van der Waals surface area contributed by atoms with E-state index in [0.717, 1.165) is 11.4 Å². The Morgan fingerprint density at radius 2 is 0.740 bits per heavy atom. The van der Waals surface area contributed by atoms with E-state index in [2.05, 4.69) is 289 Å². The summed E-state index contributed by atoms with van der Waals surface area (Å²) in [5.74, 6) is 0. The number of rotatable bonds is 6. The third-order valence-electron chi connectivity index (χ3n) is 16.1. The van der Waals surface area contributed by atoms with Gasteiger partial charge in [0.2, 0.25) is 0 Å². The van der Waals surface area contributed by atoms with E-state index in [1.54, 1.807) is 0 Å². The van der Waals surface area contributed by atoms with Crippen LogP contribution in [0.15, 0.2) is 289 Å². The van der Waals surface area contributed by atoms with E-state index in [0.29, 0.717) is 0 Å². The fraction of sp³-hybridized carbons (Fsp3) is 0. The molecule has 0 spiro atoms. The number of benzene rings is 14. The van der Waals surface area contributed by atoms with Gasteiger partial charge in [-0.25, -0.2) is 0 Å². The van der Waals surface area contributed by atoms with Gasteiger partial charge in [-0.05, 0) is 183 Å². The maximum atomic E-state index is 2.49. The maximum absolute atomic E-state index is 2.49. The van der Waals surface area contributed by atoms with Crippen LogP contribution in [0.5, 0.6) is 0 Å². The number of aromatic nitrogens is 1. The second-order valence-electron chi connectivity index (χ2n) is 20.4. The minimum Gasteiger partial charge on any atom is -0.309 e. The van der Waals surface area contributed by atoms with E-state index in [1.807, 2.05) is 11.8 Å². The van der Waals surface area contributed by atoms with E-state index >= 15 is 0 Å². The molecule has 358 valence electrons. The molecule has 0 saturated carbocycles. The lowest BCUT2D eigenvalue weighted by Gasteiger charge is -2.34. The molecule has 0 aliphatic carbocycles. The summed E-state index contributed by atoms with van der Waals surface area (Å²) in [5, 5.41) is 15.0. The van der Waals surface area contributed by atoms with Gasteiger partial charge in [-0.1, -0.05) is 206 Å². The highest BCUT2D eigenvalue weighted by atomic mass is 32.2. The molecule has 0 radical (unpaired) electrons. The molecule has 3 heteroatoms. The van der Waals surface area contributed by atoms with Crippen molar-refractivity contribution in [3.63, 3.8) is 0 Å². The number of hydrogen-bond donors (Lipinski definition) is 0. The van der Waals surface area contributed by atoms with Crippen LogP contribution in [0.25, 0.3) is 126 Å². The molecule has 2 nitrogen and oxygen atoms in total. The quantitative estimate of drug-likeness (QED) is 0.153. The van der Waals surface area contributed by atoms with Gasteiger partial charge in [-0.2, -0.15) is 0 Å². The van der Waals surface area contributed by atoms with E-state index in [1.165, 1.54) is 141 Å². The first-order valence-electron chi connectivity index (χ1n) is 26.5. The first kappa shape index (κ1) is 43.7. The molecule has 1 aliphatic rings. The van der Waals surface area contributed by atoms with Crippen molar-refractivity contribution >= 4 is 104 Å². The molecule has 0 fully saturated rings. The summed E-state index contributed by atoms with van der Waals surface area (Å²) in [5.41, 5.74) is 16.7. The molecule has 0 N–H and O–H groups in total. The van der Waals surface area contributed by atoms with Crippen molar-refractivity contribution in [2.75, 3.05) is 4.90 Å². The van der Waals surface area contributed by atoms with Gasteiger partial charge in [0.05, 0.1) is 22.4 Å². The number of nitrogens with zero attached hydrogens (tertiary/aromatic N) is 2. The van der Waals surface area contributed by atoms with Gasteiger partial charge >= 0.3 is 0 Å². The summed E-state index contributed by atoms with van der Waals surface area (Å²) in [6.45, 7) is 0. The molecule has 77 heavy (non-hydrogen) atoms. The monoisotopic (exact) mass is 994 g/mol. The number of para-hydroxylation sites is 1. The number of anilines is 3. The average Bonchev–Trinajstić information content (AvgIpc) is 4.03. The highest BCUT2D eigenvalue weighted by molar-refractivity contribution is 7.99. The van der Waals surface area contributed by atoms with E-state index in [-0.39, 0.29) is 0 Å². The minimum atomic E-state index is 1.13. The molecule has 0 atom stereocenters. The molecule has 0 unspecified atom stereocenters. The van der Waals surface area contributed by atoms with Crippen LogP contribution in [0.2, 0.25) is 0 Å². The first-order chi connectivity index (χ1) is 38.1. The lowest BCUT2D eigenvalue weighted by molar-refractivity contribution is 1.17. The Morgan fingerprint density at radius 1 is 0.234 bits per heavy atom. The van der Waals surface area contributed by atoms with Crippen LogP contribution in [0.3, 0.4) is 0 Å². The molecule has 0 bridgehead atoms. The van der Waals surface area contributed by atoms with Crippen LogP contribution >= 0.6 is 11.8 Å². The van der Waals surface area contributed by atoms with Crippen LogP contribution < -0.4 is 4.90 Å². The van der Waals surface area contributed by atoms with Crippen LogP contribution in [-0.4, -0.2) is 4.57 Å². The van der Waals surface area contributed by atoms with Crippen molar-refractivity contribution < 1.29 is 0 Å². The standard InChI is InChI=1S/C74H46N2S/c1-2-17-48(18-3-1)64-45-66-62-29-11-9-27-60(62)65(46-67(66)61-28-10-8-26-59(61)64)56-23-15-25-58(40-56)75-69-31-13-12-30-63(69)68-41-54(34-36-70(68)75)55-35-37-73-71(43-55)76(72-42-51-20-6-7-21-52(51)44-74(72)77-73)57-24-14-22-50(39-57)53-33-32-47-16-4-5-19-49(47)38-53/h1-46H. The van der Waals surface area contributed by atoms with Crippen LogP contribution in [0.1, 0.15) is 0 Å². The molecule has 1 aromatic heterocycles. The molecule has 15 aromatic rings. The lowest BCUT2D eigenvalue weighted by Crippen LogP contribution is -2.15. The molecule has 0 saturated heterocycles. The summed E-state index contributed by atoms with van der Waals surface area (Å²) >= 11 is 1.86. The Balaban J connectivity index is 0.824. The van der Waals surface area contributed by atoms with Gasteiger partial charge in [0.25, 0.3) is 0 Å². The highest BCUT2D eigenvalue weighted by Gasteiger charge is 2.27. The van der Waals surface area contributed by atoms with Crippen molar-refractivity contribution in [2.45, 2.75) is 9.79 Å². The zero-order valence-electron chi connectivity index (χ0n) is 41.9. The number of fused-ring (bicyclic) bond motifs is 12. The third-order valence-corrected chi connectivity index (χ3v) is 17.2. The Bertz CT molecular complexity index is 4910. The maximum Gasteiger partial charge on any atom is 0.0608 e. The second-order valence-corrected chi connectivity index (χ2v) is 21.5. The largest absolute Gasteiger partial charge is 0.309 e. The summed E-state index contributed by atoms with van der Waals surface area (Å²) in [7, 11) is 0. The molecular weight excluding hydrogens is 949 g/mol. The zero-order valence-corrected chi connectivity index (χ0v) is 42.7. The SMILES string of the molecule is c1ccc(-c2cc3c4ccccc4c(-c4cccc(-n5c6ccccc6c6cc(-c7ccc8c(c7)N(c7cccc(-c9ccc%10ccccc%10c9)c7)c7cc9ccccc9cc7S8)ccc65)c4)cc3c3ccccc23)cc1. The highest BCUT2D eigenvalue weighted by Crippen LogP contribution is 2.54. The Labute approximate surface area is 450 Å². The normalized spacial score (nSPS) is 12.3. The van der Waals surface area contributed by atoms with Gasteiger partial charge in [-0.3, -0.25) is 0 Å². The summed E-state index contributed by atoms with van der Waals surface area (Å²) in [6.07, 6.45) is 0. The van der Waals surface area contributed by atoms with Gasteiger partial charge in [-0.15, -0.1) is 0 Å².